The molecule has 5 heteroatoms. The van der Waals surface area contributed by atoms with Crippen LogP contribution in [0.4, 0.5) is 0 Å². The van der Waals surface area contributed by atoms with E-state index in [9.17, 15) is 0 Å². The fraction of sp³-hybridized carbons (Fsp3) is 0.200. The predicted molar refractivity (Wildman–Crippen MR) is 90.0 cm³/mol. The smallest absolute Gasteiger partial charge is 0.156 e. The SMILES string of the molecule is SCC(COc1c(Cl)cc(Cl)cc1Cl)c1ccccc1. The molecule has 0 aliphatic heterocycles. The molecule has 0 saturated heterocycles. The van der Waals surface area contributed by atoms with E-state index in [0.29, 0.717) is 33.2 Å². The number of hydrogen-bond acceptors (Lipinski definition) is 2. The number of rotatable bonds is 5. The first-order valence-electron chi connectivity index (χ1n) is 6.05. The van der Waals surface area contributed by atoms with Crippen LogP contribution in [-0.4, -0.2) is 12.4 Å². The molecule has 2 aromatic carbocycles. The summed E-state index contributed by atoms with van der Waals surface area (Å²) in [6.07, 6.45) is 0. The Bertz CT molecular complexity index is 552. The van der Waals surface area contributed by atoms with Crippen LogP contribution in [0.15, 0.2) is 42.5 Å². The minimum atomic E-state index is 0.169. The molecule has 106 valence electrons. The lowest BCUT2D eigenvalue weighted by Gasteiger charge is -2.17. The molecule has 0 fully saturated rings. The van der Waals surface area contributed by atoms with E-state index in [4.69, 9.17) is 39.5 Å². The third-order valence-electron chi connectivity index (χ3n) is 2.88. The summed E-state index contributed by atoms with van der Waals surface area (Å²) in [5, 5.41) is 1.31. The Kier molecular flexibility index (Phi) is 5.91. The van der Waals surface area contributed by atoms with E-state index in [-0.39, 0.29) is 5.92 Å². The largest absolute Gasteiger partial charge is 0.490 e. The second-order valence-corrected chi connectivity index (χ2v) is 5.92. The maximum absolute atomic E-state index is 6.09. The van der Waals surface area contributed by atoms with E-state index in [1.54, 1.807) is 12.1 Å². The van der Waals surface area contributed by atoms with Crippen LogP contribution < -0.4 is 4.74 Å². The molecule has 20 heavy (non-hydrogen) atoms. The van der Waals surface area contributed by atoms with Crippen LogP contribution in [0.5, 0.6) is 5.75 Å². The molecular weight excluding hydrogens is 335 g/mol. The van der Waals surface area contributed by atoms with Gasteiger partial charge < -0.3 is 4.74 Å². The van der Waals surface area contributed by atoms with E-state index in [0.717, 1.165) is 0 Å². The fourth-order valence-electron chi connectivity index (χ4n) is 1.83. The number of hydrogen-bond donors (Lipinski definition) is 1. The number of halogens is 3. The predicted octanol–water partition coefficient (Wildman–Crippen LogP) is 5.74. The molecular formula is C15H13Cl3OS. The van der Waals surface area contributed by atoms with Gasteiger partial charge in [-0.25, -0.2) is 0 Å². The monoisotopic (exact) mass is 346 g/mol. The van der Waals surface area contributed by atoms with Crippen LogP contribution in [0.1, 0.15) is 11.5 Å². The number of benzene rings is 2. The van der Waals surface area contributed by atoms with E-state index in [2.05, 4.69) is 24.8 Å². The lowest BCUT2D eigenvalue weighted by Crippen LogP contribution is -2.12. The third kappa shape index (κ3) is 3.98. The minimum Gasteiger partial charge on any atom is -0.490 e. The molecule has 0 aliphatic rings. The zero-order chi connectivity index (χ0) is 14.5. The highest BCUT2D eigenvalue weighted by Gasteiger charge is 2.14. The van der Waals surface area contributed by atoms with Crippen molar-refractivity contribution in [1.82, 2.24) is 0 Å². The minimum absolute atomic E-state index is 0.169. The molecule has 0 aromatic heterocycles. The maximum Gasteiger partial charge on any atom is 0.156 e. The molecule has 0 aliphatic carbocycles. The summed E-state index contributed by atoms with van der Waals surface area (Å²) in [7, 11) is 0. The molecule has 0 spiro atoms. The standard InChI is InChI=1S/C15H13Cl3OS/c16-12-6-13(17)15(14(18)7-12)19-8-11(9-20)10-4-2-1-3-5-10/h1-7,11,20H,8-9H2. The van der Waals surface area contributed by atoms with Gasteiger partial charge in [-0.15, -0.1) is 0 Å². The highest BCUT2D eigenvalue weighted by Crippen LogP contribution is 2.36. The Balaban J connectivity index is 2.12. The Hall–Kier alpha value is -0.540. The quantitative estimate of drug-likeness (QED) is 0.679. The molecule has 0 radical (unpaired) electrons. The molecule has 0 N–H and O–H groups in total. The third-order valence-corrected chi connectivity index (χ3v) is 4.10. The van der Waals surface area contributed by atoms with Crippen molar-refractivity contribution >= 4 is 47.4 Å². The lowest BCUT2D eigenvalue weighted by atomic mass is 10.0. The van der Waals surface area contributed by atoms with Crippen molar-refractivity contribution in [3.8, 4) is 5.75 Å². The molecule has 2 rings (SSSR count). The summed E-state index contributed by atoms with van der Waals surface area (Å²) >= 11 is 22.4. The highest BCUT2D eigenvalue weighted by molar-refractivity contribution is 7.80. The second kappa shape index (κ2) is 7.46. The van der Waals surface area contributed by atoms with Gasteiger partial charge >= 0.3 is 0 Å². The van der Waals surface area contributed by atoms with E-state index >= 15 is 0 Å². The Morgan fingerprint density at radius 2 is 1.60 bits per heavy atom. The van der Waals surface area contributed by atoms with Crippen LogP contribution in [0.25, 0.3) is 0 Å². The molecule has 1 unspecified atom stereocenters. The van der Waals surface area contributed by atoms with Crippen LogP contribution >= 0.6 is 47.4 Å². The van der Waals surface area contributed by atoms with Crippen LogP contribution in [0.2, 0.25) is 15.1 Å². The van der Waals surface area contributed by atoms with Crippen molar-refractivity contribution in [2.24, 2.45) is 0 Å². The average Bonchev–Trinajstić information content (AvgIpc) is 2.43. The van der Waals surface area contributed by atoms with Crippen molar-refractivity contribution in [2.45, 2.75) is 5.92 Å². The maximum atomic E-state index is 6.09. The average molecular weight is 348 g/mol. The molecule has 0 saturated carbocycles. The number of ether oxygens (including phenoxy) is 1. The van der Waals surface area contributed by atoms with Gasteiger partial charge in [-0.1, -0.05) is 65.1 Å². The first kappa shape index (κ1) is 15.8. The summed E-state index contributed by atoms with van der Waals surface area (Å²) in [6, 6.07) is 13.3. The van der Waals surface area contributed by atoms with Gasteiger partial charge in [-0.3, -0.25) is 0 Å². The van der Waals surface area contributed by atoms with E-state index in [1.807, 2.05) is 18.2 Å². The first-order chi connectivity index (χ1) is 9.61. The Morgan fingerprint density at radius 3 is 2.15 bits per heavy atom. The molecule has 2 aromatic rings. The van der Waals surface area contributed by atoms with Crippen molar-refractivity contribution < 1.29 is 4.74 Å². The molecule has 0 heterocycles. The van der Waals surface area contributed by atoms with Gasteiger partial charge in [0.05, 0.1) is 16.7 Å². The highest BCUT2D eigenvalue weighted by atomic mass is 35.5. The summed E-state index contributed by atoms with van der Waals surface area (Å²) in [5.41, 5.74) is 1.17. The van der Waals surface area contributed by atoms with Gasteiger partial charge in [-0.2, -0.15) is 12.6 Å². The van der Waals surface area contributed by atoms with Crippen molar-refractivity contribution in [1.29, 1.82) is 0 Å². The van der Waals surface area contributed by atoms with Crippen LogP contribution in [0, 0.1) is 0 Å². The van der Waals surface area contributed by atoms with Gasteiger partial charge in [0.1, 0.15) is 0 Å². The number of thiol groups is 1. The normalized spacial score (nSPS) is 12.2. The van der Waals surface area contributed by atoms with Crippen molar-refractivity contribution in [3.63, 3.8) is 0 Å². The van der Waals surface area contributed by atoms with Gasteiger partial charge in [0.2, 0.25) is 0 Å². The Morgan fingerprint density at radius 1 is 1.00 bits per heavy atom. The first-order valence-corrected chi connectivity index (χ1v) is 7.81. The summed E-state index contributed by atoms with van der Waals surface area (Å²) < 4.78 is 5.76. The topological polar surface area (TPSA) is 9.23 Å². The van der Waals surface area contributed by atoms with Gasteiger partial charge in [0.25, 0.3) is 0 Å². The van der Waals surface area contributed by atoms with Gasteiger partial charge in [-0.05, 0) is 17.7 Å². The lowest BCUT2D eigenvalue weighted by molar-refractivity contribution is 0.298. The zero-order valence-corrected chi connectivity index (χ0v) is 13.7. The summed E-state index contributed by atoms with van der Waals surface area (Å²) in [4.78, 5) is 0. The second-order valence-electron chi connectivity index (χ2n) is 4.30. The van der Waals surface area contributed by atoms with E-state index in [1.165, 1.54) is 5.56 Å². The van der Waals surface area contributed by atoms with Gasteiger partial charge in [0, 0.05) is 16.7 Å². The van der Waals surface area contributed by atoms with E-state index < -0.39 is 0 Å². The molecule has 0 bridgehead atoms. The molecule has 1 nitrogen and oxygen atoms in total. The van der Waals surface area contributed by atoms with Crippen LogP contribution in [-0.2, 0) is 0 Å². The summed E-state index contributed by atoms with van der Waals surface area (Å²) in [5.74, 6) is 1.30. The Labute approximate surface area is 139 Å². The fourth-order valence-corrected chi connectivity index (χ4v) is 3.07. The molecule has 0 amide bonds. The van der Waals surface area contributed by atoms with Crippen molar-refractivity contribution in [3.05, 3.63) is 63.1 Å². The zero-order valence-electron chi connectivity index (χ0n) is 10.5. The van der Waals surface area contributed by atoms with Crippen LogP contribution in [0.3, 0.4) is 0 Å². The molecule has 1 atom stereocenters. The van der Waals surface area contributed by atoms with Crippen molar-refractivity contribution in [2.75, 3.05) is 12.4 Å². The van der Waals surface area contributed by atoms with Gasteiger partial charge in [0.15, 0.2) is 5.75 Å². The summed E-state index contributed by atoms with van der Waals surface area (Å²) in [6.45, 7) is 0.453.